The molecule has 4 heterocycles. The van der Waals surface area contributed by atoms with Gasteiger partial charge in [-0.25, -0.2) is 9.97 Å². The van der Waals surface area contributed by atoms with Crippen LogP contribution in [0, 0.1) is 11.8 Å². The number of halogens is 1. The van der Waals surface area contributed by atoms with E-state index >= 15 is 0 Å². The standard InChI is InChI=1S/C25H21ClN8/c26-20-15(6-7-18-22(20)29-9-8-28-18)21-23-24(33-32-21)31-19(10-30-23)34-11-16-17(12-34)25(16,13-27)14-4-2-1-3-5-14/h1-10,16-17H,11-13,27H2,(H,31,32,33)/t16-,17+,25?. The van der Waals surface area contributed by atoms with E-state index in [1.165, 1.54) is 5.56 Å². The monoisotopic (exact) mass is 468 g/mol. The van der Waals surface area contributed by atoms with Crippen LogP contribution in [0.1, 0.15) is 5.56 Å². The van der Waals surface area contributed by atoms with Gasteiger partial charge < -0.3 is 10.6 Å². The molecule has 5 aromatic rings. The summed E-state index contributed by atoms with van der Waals surface area (Å²) in [7, 11) is 0. The third kappa shape index (κ3) is 2.66. The first-order chi connectivity index (χ1) is 16.7. The van der Waals surface area contributed by atoms with Crippen LogP contribution in [0.4, 0.5) is 5.82 Å². The van der Waals surface area contributed by atoms with Crippen molar-refractivity contribution in [2.24, 2.45) is 17.6 Å². The maximum absolute atomic E-state index is 6.66. The maximum Gasteiger partial charge on any atom is 0.177 e. The van der Waals surface area contributed by atoms with E-state index in [1.807, 2.05) is 18.3 Å². The maximum atomic E-state index is 6.66. The van der Waals surface area contributed by atoms with Gasteiger partial charge in [0, 0.05) is 43.0 Å². The van der Waals surface area contributed by atoms with E-state index in [1.54, 1.807) is 12.4 Å². The predicted octanol–water partition coefficient (Wildman–Crippen LogP) is 3.58. The number of nitrogens with one attached hydrogen (secondary N) is 1. The van der Waals surface area contributed by atoms with Crippen LogP contribution < -0.4 is 10.6 Å². The molecule has 7 rings (SSSR count). The van der Waals surface area contributed by atoms with Crippen LogP contribution in [0.15, 0.2) is 61.1 Å². The lowest BCUT2D eigenvalue weighted by Gasteiger charge is -2.26. The van der Waals surface area contributed by atoms with Crippen molar-refractivity contribution in [2.75, 3.05) is 24.5 Å². The van der Waals surface area contributed by atoms with Gasteiger partial charge in [-0.2, -0.15) is 5.10 Å². The Labute approximate surface area is 200 Å². The molecular weight excluding hydrogens is 448 g/mol. The number of nitrogens with zero attached hydrogens (tertiary/aromatic N) is 6. The molecule has 2 aliphatic rings. The summed E-state index contributed by atoms with van der Waals surface area (Å²) in [5.41, 5.74) is 11.8. The summed E-state index contributed by atoms with van der Waals surface area (Å²) in [6.45, 7) is 2.52. The SMILES string of the molecule is NCC1(c2ccccc2)[C@@H]2CN(c3cnc4c(-c5ccc6nccnc6c5Cl)n[nH]c4n3)C[C@@H]21. The smallest absolute Gasteiger partial charge is 0.177 e. The van der Waals surface area contributed by atoms with Gasteiger partial charge >= 0.3 is 0 Å². The van der Waals surface area contributed by atoms with Crippen molar-refractivity contribution < 1.29 is 0 Å². The number of aromatic amines is 1. The second-order valence-electron chi connectivity index (χ2n) is 9.08. The number of nitrogens with two attached hydrogens (primary N) is 1. The van der Waals surface area contributed by atoms with E-state index in [4.69, 9.17) is 27.3 Å². The Hall–Kier alpha value is -3.62. The molecule has 9 heteroatoms. The van der Waals surface area contributed by atoms with E-state index in [-0.39, 0.29) is 5.41 Å². The summed E-state index contributed by atoms with van der Waals surface area (Å²) in [5.74, 6) is 1.92. The van der Waals surface area contributed by atoms with Gasteiger partial charge in [0.2, 0.25) is 0 Å². The van der Waals surface area contributed by atoms with Crippen molar-refractivity contribution in [1.29, 1.82) is 0 Å². The fourth-order valence-corrected chi connectivity index (χ4v) is 6.14. The molecule has 0 amide bonds. The Morgan fingerprint density at radius 3 is 2.59 bits per heavy atom. The summed E-state index contributed by atoms with van der Waals surface area (Å²) in [5, 5.41) is 8.02. The minimum atomic E-state index is 0.0895. The van der Waals surface area contributed by atoms with Gasteiger partial charge in [0.05, 0.1) is 16.7 Å². The van der Waals surface area contributed by atoms with E-state index in [9.17, 15) is 0 Å². The van der Waals surface area contributed by atoms with Crippen molar-refractivity contribution in [2.45, 2.75) is 5.41 Å². The summed E-state index contributed by atoms with van der Waals surface area (Å²) < 4.78 is 0. The van der Waals surface area contributed by atoms with Gasteiger partial charge in [0.1, 0.15) is 22.5 Å². The minimum absolute atomic E-state index is 0.0895. The zero-order valence-corrected chi connectivity index (χ0v) is 18.9. The van der Waals surface area contributed by atoms with Crippen molar-refractivity contribution >= 4 is 39.6 Å². The van der Waals surface area contributed by atoms with Crippen molar-refractivity contribution in [1.82, 2.24) is 30.1 Å². The molecule has 3 atom stereocenters. The first kappa shape index (κ1) is 19.8. The van der Waals surface area contributed by atoms with Crippen LogP contribution in [0.3, 0.4) is 0 Å². The van der Waals surface area contributed by atoms with Gasteiger partial charge in [0.15, 0.2) is 5.65 Å². The molecule has 1 unspecified atom stereocenters. The van der Waals surface area contributed by atoms with E-state index < -0.39 is 0 Å². The zero-order valence-electron chi connectivity index (χ0n) is 18.2. The van der Waals surface area contributed by atoms with Crippen molar-refractivity contribution in [3.8, 4) is 11.3 Å². The van der Waals surface area contributed by atoms with E-state index in [0.717, 1.165) is 30.0 Å². The molecular formula is C25H21ClN8. The van der Waals surface area contributed by atoms with Gasteiger partial charge in [-0.3, -0.25) is 15.1 Å². The third-order valence-electron chi connectivity index (χ3n) is 7.60. The van der Waals surface area contributed by atoms with Crippen LogP contribution >= 0.6 is 11.6 Å². The van der Waals surface area contributed by atoms with Crippen LogP contribution in [-0.2, 0) is 5.41 Å². The molecule has 168 valence electrons. The number of anilines is 1. The topological polar surface area (TPSA) is 110 Å². The van der Waals surface area contributed by atoms with Crippen LogP contribution in [0.2, 0.25) is 5.02 Å². The van der Waals surface area contributed by atoms with Gasteiger partial charge in [-0.05, 0) is 29.5 Å². The Kier molecular flexibility index (Phi) is 4.19. The van der Waals surface area contributed by atoms with Crippen molar-refractivity contribution in [3.05, 3.63) is 71.6 Å². The molecule has 0 spiro atoms. The molecule has 34 heavy (non-hydrogen) atoms. The number of fused-ring (bicyclic) bond motifs is 3. The fraction of sp³-hybridized carbons (Fsp3) is 0.240. The molecule has 1 aliphatic carbocycles. The Morgan fingerprint density at radius 2 is 1.79 bits per heavy atom. The lowest BCUT2D eigenvalue weighted by atomic mass is 9.90. The Morgan fingerprint density at radius 1 is 1.00 bits per heavy atom. The average Bonchev–Trinajstić information content (AvgIpc) is 3.20. The third-order valence-corrected chi connectivity index (χ3v) is 7.98. The Balaban J connectivity index is 1.19. The predicted molar refractivity (Wildman–Crippen MR) is 132 cm³/mol. The van der Waals surface area contributed by atoms with Crippen LogP contribution in [0.5, 0.6) is 0 Å². The highest BCUT2D eigenvalue weighted by atomic mass is 35.5. The molecule has 3 N–H and O–H groups in total. The number of H-pyrrole nitrogens is 1. The summed E-state index contributed by atoms with van der Waals surface area (Å²) in [4.78, 5) is 20.5. The number of rotatable bonds is 4. The van der Waals surface area contributed by atoms with Crippen LogP contribution in [0.25, 0.3) is 33.5 Å². The molecule has 0 radical (unpaired) electrons. The summed E-state index contributed by atoms with van der Waals surface area (Å²) in [6.07, 6.45) is 5.10. The lowest BCUT2D eigenvalue weighted by molar-refractivity contribution is 0.553. The summed E-state index contributed by atoms with van der Waals surface area (Å²) >= 11 is 6.66. The number of hydrogen-bond donors (Lipinski definition) is 2. The largest absolute Gasteiger partial charge is 0.355 e. The van der Waals surface area contributed by atoms with Crippen molar-refractivity contribution in [3.63, 3.8) is 0 Å². The molecule has 1 saturated heterocycles. The van der Waals surface area contributed by atoms with Crippen LogP contribution in [-0.4, -0.2) is 49.8 Å². The molecule has 8 nitrogen and oxygen atoms in total. The number of benzene rings is 2. The fourth-order valence-electron chi connectivity index (χ4n) is 5.84. The van der Waals surface area contributed by atoms with Gasteiger partial charge in [-0.1, -0.05) is 41.9 Å². The molecule has 0 bridgehead atoms. The van der Waals surface area contributed by atoms with Gasteiger partial charge in [-0.15, -0.1) is 0 Å². The lowest BCUT2D eigenvalue weighted by Crippen LogP contribution is -2.35. The highest BCUT2D eigenvalue weighted by Crippen LogP contribution is 2.63. The second kappa shape index (κ2) is 7.19. The first-order valence-corrected chi connectivity index (χ1v) is 11.7. The van der Waals surface area contributed by atoms with Gasteiger partial charge in [0.25, 0.3) is 0 Å². The molecule has 1 saturated carbocycles. The summed E-state index contributed by atoms with van der Waals surface area (Å²) in [6, 6.07) is 14.5. The Bertz CT molecular complexity index is 1540. The highest BCUT2D eigenvalue weighted by Gasteiger charge is 2.68. The molecule has 1 aliphatic heterocycles. The molecule has 2 fully saturated rings. The zero-order chi connectivity index (χ0) is 22.9. The minimum Gasteiger partial charge on any atom is -0.355 e. The number of hydrogen-bond acceptors (Lipinski definition) is 7. The quantitative estimate of drug-likeness (QED) is 0.415. The average molecular weight is 469 g/mol. The molecule has 2 aromatic carbocycles. The molecule has 3 aromatic heterocycles. The number of aromatic nitrogens is 6. The second-order valence-corrected chi connectivity index (χ2v) is 9.46. The normalized spacial score (nSPS) is 23.5. The first-order valence-electron chi connectivity index (χ1n) is 11.3. The van der Waals surface area contributed by atoms with E-state index in [0.29, 0.717) is 45.8 Å². The van der Waals surface area contributed by atoms with E-state index in [2.05, 4.69) is 55.4 Å². The number of piperidine rings is 1. The highest BCUT2D eigenvalue weighted by molar-refractivity contribution is 6.37.